The summed E-state index contributed by atoms with van der Waals surface area (Å²) in [5.74, 6) is 0.378. The van der Waals surface area contributed by atoms with Gasteiger partial charge in [-0.05, 0) is 12.8 Å². The first-order chi connectivity index (χ1) is 20.9. The second kappa shape index (κ2) is 32.3. The molecule has 0 aromatic rings. The molecule has 0 aliphatic carbocycles. The number of unbranched alkanes of at least 4 members (excludes halogenated alkanes) is 24. The molecule has 5 heteroatoms. The lowest BCUT2D eigenvalue weighted by Crippen LogP contribution is -2.49. The molecular weight excluding hydrogens is 530 g/mol. The summed E-state index contributed by atoms with van der Waals surface area (Å²) < 4.78 is 0.804. The van der Waals surface area contributed by atoms with Gasteiger partial charge in [0, 0.05) is 12.8 Å². The molecule has 0 aliphatic rings. The van der Waals surface area contributed by atoms with Crippen molar-refractivity contribution in [1.29, 1.82) is 0 Å². The van der Waals surface area contributed by atoms with Crippen LogP contribution in [0.3, 0.4) is 0 Å². The van der Waals surface area contributed by atoms with Crippen LogP contribution in [-0.2, 0) is 9.59 Å². The van der Waals surface area contributed by atoms with E-state index in [0.29, 0.717) is 25.9 Å². The first-order valence-electron chi connectivity index (χ1n) is 19.3. The van der Waals surface area contributed by atoms with Crippen molar-refractivity contribution in [3.63, 3.8) is 0 Å². The van der Waals surface area contributed by atoms with E-state index < -0.39 is 0 Å². The molecule has 0 unspecified atom stereocenters. The molecule has 256 valence electrons. The predicted octanol–water partition coefficient (Wildman–Crippen LogP) is 10.3. The molecule has 0 aromatic carbocycles. The summed E-state index contributed by atoms with van der Waals surface area (Å²) >= 11 is 0. The van der Waals surface area contributed by atoms with Crippen LogP contribution in [0.5, 0.6) is 0 Å². The van der Waals surface area contributed by atoms with Gasteiger partial charge in [-0.3, -0.25) is 9.59 Å². The van der Waals surface area contributed by atoms with Crippen LogP contribution in [0.25, 0.3) is 0 Å². The fraction of sp³-hybridized carbons (Fsp3) is 0.947. The molecule has 43 heavy (non-hydrogen) atoms. The van der Waals surface area contributed by atoms with Crippen molar-refractivity contribution >= 4 is 11.8 Å². The minimum atomic E-state index is 0.189. The Bertz CT molecular complexity index is 558. The highest BCUT2D eigenvalue weighted by Crippen LogP contribution is 2.14. The molecule has 0 bridgehead atoms. The normalized spacial score (nSPS) is 11.6. The number of carbonyl (C=O) groups excluding carboxylic acids is 2. The van der Waals surface area contributed by atoms with Gasteiger partial charge >= 0.3 is 0 Å². The Hall–Kier alpha value is -1.10. The van der Waals surface area contributed by atoms with E-state index in [0.717, 1.165) is 30.4 Å². The first-order valence-corrected chi connectivity index (χ1v) is 19.3. The molecule has 5 nitrogen and oxygen atoms in total. The molecule has 2 amide bonds. The van der Waals surface area contributed by atoms with Gasteiger partial charge < -0.3 is 15.1 Å². The smallest absolute Gasteiger partial charge is 0.220 e. The van der Waals surface area contributed by atoms with E-state index in [4.69, 9.17) is 0 Å². The number of amides is 2. The van der Waals surface area contributed by atoms with E-state index in [1.807, 2.05) is 0 Å². The second-order valence-electron chi connectivity index (χ2n) is 14.1. The van der Waals surface area contributed by atoms with Gasteiger partial charge in [-0.2, -0.15) is 0 Å². The molecule has 0 saturated heterocycles. The third-order valence-corrected chi connectivity index (χ3v) is 9.09. The van der Waals surface area contributed by atoms with Crippen LogP contribution in [0.15, 0.2) is 0 Å². The summed E-state index contributed by atoms with van der Waals surface area (Å²) in [5, 5.41) is 6.21. The highest BCUT2D eigenvalue weighted by Gasteiger charge is 2.15. The summed E-state index contributed by atoms with van der Waals surface area (Å²) in [5.41, 5.74) is 0. The zero-order valence-electron chi connectivity index (χ0n) is 29.9. The fourth-order valence-corrected chi connectivity index (χ4v) is 5.89. The highest BCUT2D eigenvalue weighted by molar-refractivity contribution is 5.76. The molecule has 2 N–H and O–H groups in total. The maximum absolute atomic E-state index is 12.2. The summed E-state index contributed by atoms with van der Waals surface area (Å²) in [6, 6.07) is 0. The van der Waals surface area contributed by atoms with Crippen molar-refractivity contribution in [2.45, 2.75) is 194 Å². The number of hydrogen-bond acceptors (Lipinski definition) is 2. The van der Waals surface area contributed by atoms with E-state index >= 15 is 0 Å². The number of nitrogens with zero attached hydrogens (tertiary/aromatic N) is 1. The minimum absolute atomic E-state index is 0.189. The lowest BCUT2D eigenvalue weighted by Gasteiger charge is -2.30. The third-order valence-electron chi connectivity index (χ3n) is 9.09. The average Bonchev–Trinajstić information content (AvgIpc) is 2.97. The van der Waals surface area contributed by atoms with Crippen LogP contribution >= 0.6 is 0 Å². The Morgan fingerprint density at radius 3 is 0.884 bits per heavy atom. The van der Waals surface area contributed by atoms with Gasteiger partial charge in [-0.25, -0.2) is 0 Å². The minimum Gasteiger partial charge on any atom is -0.350 e. The monoisotopic (exact) mass is 609 g/mol. The van der Waals surface area contributed by atoms with E-state index in [1.165, 1.54) is 154 Å². The average molecular weight is 609 g/mol. The van der Waals surface area contributed by atoms with Gasteiger partial charge in [0.1, 0.15) is 0 Å². The molecule has 0 rings (SSSR count). The fourth-order valence-electron chi connectivity index (χ4n) is 5.89. The maximum atomic E-state index is 12.2. The maximum Gasteiger partial charge on any atom is 0.220 e. The van der Waals surface area contributed by atoms with Crippen LogP contribution in [-0.4, -0.2) is 56.6 Å². The van der Waals surface area contributed by atoms with Crippen molar-refractivity contribution < 1.29 is 14.1 Å². The molecular formula is C38H78N3O2+. The molecule has 0 fully saturated rings. The summed E-state index contributed by atoms with van der Waals surface area (Å²) in [6.07, 6.45) is 35.9. The number of hydrogen-bond donors (Lipinski definition) is 2. The van der Waals surface area contributed by atoms with Crippen LogP contribution in [0.2, 0.25) is 0 Å². The van der Waals surface area contributed by atoms with E-state index in [9.17, 15) is 9.59 Å². The molecule has 0 aromatic heterocycles. The van der Waals surface area contributed by atoms with Crippen molar-refractivity contribution in [2.24, 2.45) is 0 Å². The number of likely N-dealkylation sites (N-methyl/N-ethyl adjacent to an activating group) is 1. The van der Waals surface area contributed by atoms with Crippen molar-refractivity contribution in [1.82, 2.24) is 10.6 Å². The van der Waals surface area contributed by atoms with E-state index in [2.05, 4.69) is 38.6 Å². The molecule has 0 aliphatic heterocycles. The zero-order valence-corrected chi connectivity index (χ0v) is 29.9. The van der Waals surface area contributed by atoms with Crippen LogP contribution in [0.1, 0.15) is 194 Å². The molecule has 0 radical (unpaired) electrons. The predicted molar refractivity (Wildman–Crippen MR) is 188 cm³/mol. The lowest BCUT2D eigenvalue weighted by molar-refractivity contribution is -0.887. The number of rotatable bonds is 34. The number of carbonyl (C=O) groups is 2. The highest BCUT2D eigenvalue weighted by atomic mass is 16.2. The van der Waals surface area contributed by atoms with Crippen molar-refractivity contribution in [3.8, 4) is 0 Å². The van der Waals surface area contributed by atoms with Crippen molar-refractivity contribution in [2.75, 3.05) is 40.3 Å². The lowest BCUT2D eigenvalue weighted by atomic mass is 10.0. The van der Waals surface area contributed by atoms with Crippen LogP contribution < -0.4 is 10.6 Å². The Labute approximate surface area is 270 Å². The molecule has 0 spiro atoms. The summed E-state index contributed by atoms with van der Waals surface area (Å²) in [4.78, 5) is 24.4. The third kappa shape index (κ3) is 33.6. The van der Waals surface area contributed by atoms with E-state index in [-0.39, 0.29) is 11.8 Å². The Morgan fingerprint density at radius 2 is 0.628 bits per heavy atom. The Morgan fingerprint density at radius 1 is 0.395 bits per heavy atom. The zero-order chi connectivity index (χ0) is 31.7. The SMILES string of the molecule is CCCCCCCCCCCCCCCC(=O)NCC[N+](C)(C)CCNC(=O)CCCCCCCCCCCCCCC. The first kappa shape index (κ1) is 41.9. The molecule has 0 saturated carbocycles. The quantitative estimate of drug-likeness (QED) is 0.0564. The van der Waals surface area contributed by atoms with Gasteiger partial charge in [0.15, 0.2) is 0 Å². The standard InChI is InChI=1S/C38H77N3O2/c1-5-7-9-11-13-15-17-19-21-23-25-27-29-31-37(42)39-33-35-41(3,4)36-34-40-38(43)32-30-28-26-24-22-20-18-16-14-12-10-8-6-2/h5-36H2,1-4H3,(H-,39,40,42,43)/p+1. The Kier molecular flexibility index (Phi) is 31.5. The molecule has 0 atom stereocenters. The van der Waals surface area contributed by atoms with Crippen LogP contribution in [0, 0.1) is 0 Å². The summed E-state index contributed by atoms with van der Waals surface area (Å²) in [6.45, 7) is 7.74. The van der Waals surface area contributed by atoms with Gasteiger partial charge in [0.05, 0.1) is 40.3 Å². The second-order valence-corrected chi connectivity index (χ2v) is 14.1. The Balaban J connectivity index is 3.50. The number of quaternary nitrogens is 1. The largest absolute Gasteiger partial charge is 0.350 e. The summed E-state index contributed by atoms with van der Waals surface area (Å²) in [7, 11) is 4.36. The van der Waals surface area contributed by atoms with Crippen LogP contribution in [0.4, 0.5) is 0 Å². The van der Waals surface area contributed by atoms with E-state index in [1.54, 1.807) is 0 Å². The van der Waals surface area contributed by atoms with Gasteiger partial charge in [-0.1, -0.05) is 168 Å². The van der Waals surface area contributed by atoms with Gasteiger partial charge in [-0.15, -0.1) is 0 Å². The van der Waals surface area contributed by atoms with Gasteiger partial charge in [0.25, 0.3) is 0 Å². The molecule has 0 heterocycles. The van der Waals surface area contributed by atoms with Crippen molar-refractivity contribution in [3.05, 3.63) is 0 Å². The van der Waals surface area contributed by atoms with Gasteiger partial charge in [0.2, 0.25) is 11.8 Å². The topological polar surface area (TPSA) is 58.2 Å². The number of nitrogens with one attached hydrogen (secondary N) is 2.